The van der Waals surface area contributed by atoms with Crippen molar-refractivity contribution in [3.8, 4) is 22.8 Å². The Bertz CT molecular complexity index is 751. The van der Waals surface area contributed by atoms with Gasteiger partial charge in [-0.2, -0.15) is 28.0 Å². The molecule has 0 bridgehead atoms. The number of halogens is 2. The first-order valence-electron chi connectivity index (χ1n) is 7.00. The average molecular weight is 434 g/mol. The maximum absolute atomic E-state index is 8.60. The Balaban J connectivity index is 0.000000329. The quantitative estimate of drug-likeness (QED) is 0.389. The van der Waals surface area contributed by atoms with Gasteiger partial charge in [-0.15, -0.1) is 0 Å². The summed E-state index contributed by atoms with van der Waals surface area (Å²) in [5.74, 6) is 0. The zero-order chi connectivity index (χ0) is 21.2. The monoisotopic (exact) mass is 433 g/mol. The van der Waals surface area contributed by atoms with E-state index in [-0.39, 0.29) is 0 Å². The highest BCUT2D eigenvalue weighted by atomic mass is 35.7. The summed E-state index contributed by atoms with van der Waals surface area (Å²) in [6, 6.07) is 17.5. The van der Waals surface area contributed by atoms with Crippen molar-refractivity contribution in [2.24, 2.45) is 0 Å². The first kappa shape index (κ1) is 23.7. The van der Waals surface area contributed by atoms with Crippen LogP contribution in [0.25, 0.3) is 22.8 Å². The summed E-state index contributed by atoms with van der Waals surface area (Å²) >= 11 is 0. The Morgan fingerprint density at radius 1 is 0.536 bits per heavy atom. The van der Waals surface area contributed by atoms with E-state index in [0.29, 0.717) is 0 Å². The third kappa shape index (κ3) is 12.2. The molecule has 3 rings (SSSR count). The van der Waals surface area contributed by atoms with Gasteiger partial charge in [0.2, 0.25) is 0 Å². The van der Waals surface area contributed by atoms with Crippen LogP contribution in [0.15, 0.2) is 67.0 Å². The van der Waals surface area contributed by atoms with Gasteiger partial charge in [-0.1, -0.05) is 18.2 Å². The van der Waals surface area contributed by atoms with Crippen molar-refractivity contribution >= 4 is 0 Å². The lowest BCUT2D eigenvalue weighted by Gasteiger charge is -2.03. The number of aromatic nitrogens is 3. The molecular weight excluding hydrogens is 421 g/mol. The predicted octanol–water partition coefficient (Wildman–Crippen LogP) is -5.04. The van der Waals surface area contributed by atoms with Crippen LogP contribution >= 0.6 is 0 Å². The van der Waals surface area contributed by atoms with Crippen LogP contribution in [0.1, 0.15) is 0 Å². The van der Waals surface area contributed by atoms with Crippen LogP contribution in [0.3, 0.4) is 0 Å². The number of pyridine rings is 3. The highest BCUT2D eigenvalue weighted by Gasteiger charge is 2.04. The lowest BCUT2D eigenvalue weighted by Crippen LogP contribution is -2.58. The fourth-order valence-corrected chi connectivity index (χ4v) is 1.75. The molecule has 0 spiro atoms. The molecule has 3 heterocycles. The Morgan fingerprint density at radius 2 is 0.857 bits per heavy atom. The van der Waals surface area contributed by atoms with Crippen molar-refractivity contribution in [3.63, 3.8) is 0 Å². The molecule has 0 aliphatic rings. The van der Waals surface area contributed by atoms with Crippen LogP contribution in [0.5, 0.6) is 0 Å². The van der Waals surface area contributed by atoms with Gasteiger partial charge in [0.05, 0.1) is 52.6 Å². The molecule has 0 saturated carbocycles. The Kier molecular flexibility index (Phi) is 9.24. The standard InChI is InChI=1S/C15H11N3.2ClHO4/c1-3-10-16-12(6-1)14-8-5-9-15(18-14)13-7-2-4-11-17-13;2*2-1(3,4)5/h1-11H;2*(H,2,3,4,5). The minimum atomic E-state index is -4.69. The number of hydrogen-bond donors (Lipinski definition) is 2. The van der Waals surface area contributed by atoms with Crippen LogP contribution in [-0.4, -0.2) is 24.3 Å². The highest BCUT2D eigenvalue weighted by molar-refractivity contribution is 5.61. The SMILES string of the molecule is [O-][Cl+3]([O-])([O-])O.[O-][Cl+3]([O-])([O-])O.c1ccc(-c2cccc(-c3ccccn3)n2)nc1. The van der Waals surface area contributed by atoms with Gasteiger partial charge >= 0.3 is 0 Å². The van der Waals surface area contributed by atoms with Crippen LogP contribution in [0.4, 0.5) is 0 Å². The topological polar surface area (TPSA) is 217 Å². The molecule has 2 N–H and O–H groups in total. The predicted molar refractivity (Wildman–Crippen MR) is 75.1 cm³/mol. The Hall–Kier alpha value is -2.29. The molecule has 0 saturated heterocycles. The van der Waals surface area contributed by atoms with E-state index in [4.69, 9.17) is 37.3 Å². The molecule has 0 aromatic carbocycles. The summed E-state index contributed by atoms with van der Waals surface area (Å²) < 4.78 is 65.4. The van der Waals surface area contributed by atoms with E-state index in [1.807, 2.05) is 54.6 Å². The molecule has 0 aliphatic heterocycles. The molecule has 0 radical (unpaired) electrons. The number of rotatable bonds is 2. The van der Waals surface area contributed by atoms with E-state index in [0.717, 1.165) is 22.8 Å². The van der Waals surface area contributed by atoms with Crippen LogP contribution in [0, 0.1) is 20.5 Å². The van der Waals surface area contributed by atoms with E-state index < -0.39 is 20.5 Å². The fraction of sp³-hybridized carbons (Fsp3) is 0. The van der Waals surface area contributed by atoms with Crippen molar-refractivity contribution in [2.75, 3.05) is 0 Å². The van der Waals surface area contributed by atoms with Gasteiger partial charge < -0.3 is 0 Å². The van der Waals surface area contributed by atoms with Crippen LogP contribution in [-0.2, 0) is 0 Å². The Labute approximate surface area is 162 Å². The summed E-state index contributed by atoms with van der Waals surface area (Å²) in [5, 5.41) is 0. The van der Waals surface area contributed by atoms with E-state index >= 15 is 0 Å². The average Bonchev–Trinajstić information content (AvgIpc) is 2.61. The van der Waals surface area contributed by atoms with Crippen molar-refractivity contribution in [3.05, 3.63) is 67.0 Å². The largest absolute Gasteiger partial charge is 0.255 e. The third-order valence-corrected chi connectivity index (χ3v) is 2.60. The first-order valence-corrected chi connectivity index (χ1v) is 9.52. The van der Waals surface area contributed by atoms with Crippen LogP contribution < -0.4 is 28.0 Å². The molecule has 0 atom stereocenters. The van der Waals surface area contributed by atoms with Crippen molar-refractivity contribution in [1.29, 1.82) is 0 Å². The lowest BCUT2D eigenvalue weighted by molar-refractivity contribution is -1.92. The molecule has 0 amide bonds. The zero-order valence-corrected chi connectivity index (χ0v) is 15.3. The zero-order valence-electron chi connectivity index (χ0n) is 13.8. The smallest absolute Gasteiger partial charge is 0.0894 e. The number of nitrogens with zero attached hydrogens (tertiary/aromatic N) is 3. The third-order valence-electron chi connectivity index (χ3n) is 2.60. The molecule has 150 valence electrons. The van der Waals surface area contributed by atoms with Gasteiger partial charge in [0.25, 0.3) is 0 Å². The van der Waals surface area contributed by atoms with E-state index in [2.05, 4.69) is 15.0 Å². The van der Waals surface area contributed by atoms with Crippen molar-refractivity contribution < 1.29 is 57.8 Å². The molecule has 28 heavy (non-hydrogen) atoms. The maximum atomic E-state index is 8.60. The molecule has 13 heteroatoms. The summed E-state index contributed by atoms with van der Waals surface area (Å²) in [7, 11) is -9.39. The van der Waals surface area contributed by atoms with Crippen molar-refractivity contribution in [2.45, 2.75) is 0 Å². The summed E-state index contributed by atoms with van der Waals surface area (Å²) in [6.07, 6.45) is 3.54. The minimum absolute atomic E-state index is 0.860. The molecule has 11 nitrogen and oxygen atoms in total. The lowest BCUT2D eigenvalue weighted by atomic mass is 10.2. The fourth-order valence-electron chi connectivity index (χ4n) is 1.75. The van der Waals surface area contributed by atoms with Gasteiger partial charge in [-0.3, -0.25) is 9.97 Å². The Morgan fingerprint density at radius 3 is 1.14 bits per heavy atom. The number of hydrogen-bond acceptors (Lipinski definition) is 11. The van der Waals surface area contributed by atoms with Gasteiger partial charge in [-0.25, -0.2) is 4.98 Å². The molecular formula is C15H13Cl2N3O8. The summed E-state index contributed by atoms with van der Waals surface area (Å²) in [6.45, 7) is 0. The highest BCUT2D eigenvalue weighted by Crippen LogP contribution is 2.19. The second kappa shape index (κ2) is 10.9. The normalized spacial score (nSPS) is 10.9. The second-order valence-corrected chi connectivity index (χ2v) is 6.21. The van der Waals surface area contributed by atoms with Crippen molar-refractivity contribution in [1.82, 2.24) is 15.0 Å². The second-order valence-electron chi connectivity index (χ2n) is 4.63. The van der Waals surface area contributed by atoms with E-state index in [1.54, 1.807) is 12.4 Å². The van der Waals surface area contributed by atoms with Gasteiger partial charge in [0, 0.05) is 12.4 Å². The molecule has 3 aromatic heterocycles. The van der Waals surface area contributed by atoms with Gasteiger partial charge in [-0.05, 0) is 36.4 Å². The van der Waals surface area contributed by atoms with Crippen LogP contribution in [0.2, 0.25) is 0 Å². The minimum Gasteiger partial charge on any atom is -0.255 e. The van der Waals surface area contributed by atoms with Gasteiger partial charge in [0.1, 0.15) is 0 Å². The maximum Gasteiger partial charge on any atom is 0.0894 e. The summed E-state index contributed by atoms with van der Waals surface area (Å²) in [5.41, 5.74) is 3.46. The van der Waals surface area contributed by atoms with E-state index in [9.17, 15) is 0 Å². The van der Waals surface area contributed by atoms with Gasteiger partial charge in [0.15, 0.2) is 0 Å². The van der Waals surface area contributed by atoms with E-state index in [1.165, 1.54) is 0 Å². The molecule has 3 aromatic rings. The molecule has 0 unspecified atom stereocenters. The first-order chi connectivity index (χ1) is 12.9. The molecule has 0 aliphatic carbocycles. The molecule has 0 fully saturated rings. The summed E-state index contributed by atoms with van der Waals surface area (Å²) in [4.78, 5) is 13.2.